The molecule has 6 heteroatoms. The van der Waals surface area contributed by atoms with E-state index in [1.54, 1.807) is 6.07 Å². The van der Waals surface area contributed by atoms with E-state index in [-0.39, 0.29) is 5.91 Å². The molecule has 0 radical (unpaired) electrons. The van der Waals surface area contributed by atoms with Gasteiger partial charge in [0.15, 0.2) is 5.75 Å². The molecular formula is C23H26N4O2. The van der Waals surface area contributed by atoms with Crippen LogP contribution >= 0.6 is 0 Å². The van der Waals surface area contributed by atoms with Gasteiger partial charge in [-0.15, -0.1) is 0 Å². The highest BCUT2D eigenvalue weighted by molar-refractivity contribution is 5.92. The number of aromatic nitrogens is 2. The molecule has 0 aliphatic heterocycles. The Balaban J connectivity index is 1.77. The standard InChI is InChI=1S/C23H26N4O2/c1-16(2)13-14-24-22(28)20-15-17(3)25-23(27-20)26-19-11-7-8-12-21(19)29-18-9-5-4-6-10-18/h4-12,15-16H,13-14H2,1-3H3,(H,24,28)(H,25,26,27). The number of carbonyl (C=O) groups is 1. The van der Waals surface area contributed by atoms with Gasteiger partial charge in [-0.05, 0) is 49.6 Å². The third kappa shape index (κ3) is 6.04. The van der Waals surface area contributed by atoms with Gasteiger partial charge in [0.2, 0.25) is 5.95 Å². The first-order valence-corrected chi connectivity index (χ1v) is 9.74. The Morgan fingerprint density at radius 1 is 1.03 bits per heavy atom. The number of rotatable bonds is 8. The number of anilines is 2. The number of carbonyl (C=O) groups excluding carboxylic acids is 1. The number of hydrogen-bond donors (Lipinski definition) is 2. The van der Waals surface area contributed by atoms with E-state index in [1.807, 2.05) is 61.5 Å². The number of ether oxygens (including phenoxy) is 1. The molecule has 3 rings (SSSR count). The fourth-order valence-electron chi connectivity index (χ4n) is 2.70. The normalized spacial score (nSPS) is 10.6. The van der Waals surface area contributed by atoms with Crippen molar-refractivity contribution < 1.29 is 9.53 Å². The largest absolute Gasteiger partial charge is 0.455 e. The molecule has 2 N–H and O–H groups in total. The molecule has 0 bridgehead atoms. The van der Waals surface area contributed by atoms with Crippen LogP contribution in [0.25, 0.3) is 0 Å². The summed E-state index contributed by atoms with van der Waals surface area (Å²) in [6, 6.07) is 18.8. The van der Waals surface area contributed by atoms with Crippen LogP contribution in [0.15, 0.2) is 60.7 Å². The van der Waals surface area contributed by atoms with E-state index in [4.69, 9.17) is 4.74 Å². The lowest BCUT2D eigenvalue weighted by molar-refractivity contribution is 0.0947. The van der Waals surface area contributed by atoms with Gasteiger partial charge in [0.25, 0.3) is 5.91 Å². The number of nitrogens with one attached hydrogen (secondary N) is 2. The zero-order valence-electron chi connectivity index (χ0n) is 17.0. The van der Waals surface area contributed by atoms with E-state index in [9.17, 15) is 4.79 Å². The molecule has 0 spiro atoms. The van der Waals surface area contributed by atoms with Gasteiger partial charge in [-0.25, -0.2) is 9.97 Å². The van der Waals surface area contributed by atoms with Gasteiger partial charge < -0.3 is 15.4 Å². The molecule has 1 aromatic heterocycles. The lowest BCUT2D eigenvalue weighted by Gasteiger charge is -2.13. The molecule has 29 heavy (non-hydrogen) atoms. The van der Waals surface area contributed by atoms with Crippen LogP contribution < -0.4 is 15.4 Å². The van der Waals surface area contributed by atoms with Gasteiger partial charge >= 0.3 is 0 Å². The Labute approximate surface area is 171 Å². The molecular weight excluding hydrogens is 364 g/mol. The lowest BCUT2D eigenvalue weighted by Crippen LogP contribution is -2.26. The van der Waals surface area contributed by atoms with Gasteiger partial charge in [-0.1, -0.05) is 44.2 Å². The quantitative estimate of drug-likeness (QED) is 0.560. The second-order valence-electron chi connectivity index (χ2n) is 7.19. The van der Waals surface area contributed by atoms with E-state index < -0.39 is 0 Å². The molecule has 0 aliphatic carbocycles. The summed E-state index contributed by atoms with van der Waals surface area (Å²) < 4.78 is 5.97. The Kier molecular flexibility index (Phi) is 6.79. The molecule has 6 nitrogen and oxygen atoms in total. The van der Waals surface area contributed by atoms with Crippen molar-refractivity contribution in [1.82, 2.24) is 15.3 Å². The number of amides is 1. The van der Waals surface area contributed by atoms with E-state index >= 15 is 0 Å². The second kappa shape index (κ2) is 9.68. The number of para-hydroxylation sites is 3. The number of aryl methyl sites for hydroxylation is 1. The molecule has 150 valence electrons. The van der Waals surface area contributed by atoms with Crippen molar-refractivity contribution in [3.05, 3.63) is 72.1 Å². The molecule has 0 fully saturated rings. The number of benzene rings is 2. The highest BCUT2D eigenvalue weighted by atomic mass is 16.5. The van der Waals surface area contributed by atoms with Crippen LogP contribution in [0.1, 0.15) is 36.5 Å². The first-order chi connectivity index (χ1) is 14.0. The third-order valence-electron chi connectivity index (χ3n) is 4.20. The molecule has 1 amide bonds. The molecule has 0 saturated carbocycles. The number of hydrogen-bond acceptors (Lipinski definition) is 5. The fraction of sp³-hybridized carbons (Fsp3) is 0.261. The fourth-order valence-corrected chi connectivity index (χ4v) is 2.70. The summed E-state index contributed by atoms with van der Waals surface area (Å²) in [5.74, 6) is 2.06. The third-order valence-corrected chi connectivity index (χ3v) is 4.20. The summed E-state index contributed by atoms with van der Waals surface area (Å²) in [6.45, 7) is 6.70. The Morgan fingerprint density at radius 2 is 1.76 bits per heavy atom. The van der Waals surface area contributed by atoms with Crippen LogP contribution in [0, 0.1) is 12.8 Å². The topological polar surface area (TPSA) is 76.1 Å². The Hall–Kier alpha value is -3.41. The van der Waals surface area contributed by atoms with Crippen LogP contribution in [-0.2, 0) is 0 Å². The maximum absolute atomic E-state index is 12.4. The maximum Gasteiger partial charge on any atom is 0.270 e. The minimum absolute atomic E-state index is 0.201. The summed E-state index contributed by atoms with van der Waals surface area (Å²) in [4.78, 5) is 21.2. The van der Waals surface area contributed by atoms with E-state index in [2.05, 4.69) is 34.4 Å². The first-order valence-electron chi connectivity index (χ1n) is 9.74. The van der Waals surface area contributed by atoms with E-state index in [0.29, 0.717) is 41.2 Å². The van der Waals surface area contributed by atoms with Crippen LogP contribution in [0.4, 0.5) is 11.6 Å². The highest BCUT2D eigenvalue weighted by Gasteiger charge is 2.12. The van der Waals surface area contributed by atoms with Gasteiger partial charge in [-0.3, -0.25) is 4.79 Å². The molecule has 0 atom stereocenters. The average molecular weight is 390 g/mol. The van der Waals surface area contributed by atoms with Crippen LogP contribution in [0.5, 0.6) is 11.5 Å². The summed E-state index contributed by atoms with van der Waals surface area (Å²) in [7, 11) is 0. The van der Waals surface area contributed by atoms with E-state index in [0.717, 1.165) is 12.2 Å². The van der Waals surface area contributed by atoms with Gasteiger partial charge in [-0.2, -0.15) is 0 Å². The predicted octanol–water partition coefficient (Wildman–Crippen LogP) is 5.10. The highest BCUT2D eigenvalue weighted by Crippen LogP contribution is 2.30. The summed E-state index contributed by atoms with van der Waals surface area (Å²) in [5, 5.41) is 6.09. The van der Waals surface area contributed by atoms with Gasteiger partial charge in [0.05, 0.1) is 5.69 Å². The summed E-state index contributed by atoms with van der Waals surface area (Å²) in [5.41, 5.74) is 1.76. The smallest absolute Gasteiger partial charge is 0.270 e. The molecule has 3 aromatic rings. The van der Waals surface area contributed by atoms with Gasteiger partial charge in [0.1, 0.15) is 11.4 Å². The molecule has 2 aromatic carbocycles. The van der Waals surface area contributed by atoms with Crippen LogP contribution in [0.3, 0.4) is 0 Å². The van der Waals surface area contributed by atoms with Crippen molar-refractivity contribution in [2.75, 3.05) is 11.9 Å². The Bertz CT molecular complexity index is 958. The van der Waals surface area contributed by atoms with Crippen molar-refractivity contribution >= 4 is 17.5 Å². The van der Waals surface area contributed by atoms with E-state index in [1.165, 1.54) is 0 Å². The molecule has 1 heterocycles. The zero-order valence-corrected chi connectivity index (χ0v) is 17.0. The molecule has 0 unspecified atom stereocenters. The lowest BCUT2D eigenvalue weighted by atomic mass is 10.1. The van der Waals surface area contributed by atoms with Crippen molar-refractivity contribution in [1.29, 1.82) is 0 Å². The SMILES string of the molecule is Cc1cc(C(=O)NCCC(C)C)nc(Nc2ccccc2Oc2ccccc2)n1. The minimum Gasteiger partial charge on any atom is -0.455 e. The maximum atomic E-state index is 12.4. The van der Waals surface area contributed by atoms with Crippen LogP contribution in [-0.4, -0.2) is 22.4 Å². The first kappa shape index (κ1) is 20.3. The minimum atomic E-state index is -0.201. The predicted molar refractivity (Wildman–Crippen MR) is 115 cm³/mol. The van der Waals surface area contributed by atoms with Crippen molar-refractivity contribution in [3.63, 3.8) is 0 Å². The Morgan fingerprint density at radius 3 is 2.52 bits per heavy atom. The second-order valence-corrected chi connectivity index (χ2v) is 7.19. The zero-order chi connectivity index (χ0) is 20.6. The van der Waals surface area contributed by atoms with Crippen molar-refractivity contribution in [2.24, 2.45) is 5.92 Å². The molecule has 0 saturated heterocycles. The monoisotopic (exact) mass is 390 g/mol. The van der Waals surface area contributed by atoms with Crippen LogP contribution in [0.2, 0.25) is 0 Å². The van der Waals surface area contributed by atoms with Gasteiger partial charge in [0, 0.05) is 12.2 Å². The summed E-state index contributed by atoms with van der Waals surface area (Å²) >= 11 is 0. The average Bonchev–Trinajstić information content (AvgIpc) is 2.69. The van der Waals surface area contributed by atoms with Crippen molar-refractivity contribution in [2.45, 2.75) is 27.2 Å². The summed E-state index contributed by atoms with van der Waals surface area (Å²) in [6.07, 6.45) is 0.922. The van der Waals surface area contributed by atoms with Crippen molar-refractivity contribution in [3.8, 4) is 11.5 Å². The molecule has 0 aliphatic rings. The number of nitrogens with zero attached hydrogens (tertiary/aromatic N) is 2.